The van der Waals surface area contributed by atoms with E-state index in [2.05, 4.69) is 10.3 Å². The highest BCUT2D eigenvalue weighted by molar-refractivity contribution is 7.10. The molecule has 0 unspecified atom stereocenters. The minimum Gasteiger partial charge on any atom is -0.352 e. The quantitative estimate of drug-likeness (QED) is 0.640. The van der Waals surface area contributed by atoms with Crippen molar-refractivity contribution in [2.24, 2.45) is 0 Å². The number of rotatable bonds is 6. The van der Waals surface area contributed by atoms with Crippen molar-refractivity contribution in [2.75, 3.05) is 6.54 Å². The molecule has 5 heteroatoms. The molecular formula is C13H15N3OS. The lowest BCUT2D eigenvalue weighted by Crippen LogP contribution is -2.22. The lowest BCUT2D eigenvalue weighted by Gasteiger charge is -2.02. The van der Waals surface area contributed by atoms with Gasteiger partial charge in [0.25, 0.3) is 0 Å². The van der Waals surface area contributed by atoms with Gasteiger partial charge in [-0.05, 0) is 23.9 Å². The molecule has 1 N–H and O–H groups in total. The van der Waals surface area contributed by atoms with E-state index in [0.717, 1.165) is 17.8 Å². The molecular weight excluding hydrogens is 246 g/mol. The number of hydrogen-bond acceptors (Lipinski definition) is 3. The van der Waals surface area contributed by atoms with E-state index >= 15 is 0 Å². The van der Waals surface area contributed by atoms with Crippen LogP contribution in [0.3, 0.4) is 0 Å². The van der Waals surface area contributed by atoms with Gasteiger partial charge in [-0.3, -0.25) is 4.79 Å². The maximum atomic E-state index is 11.5. The topological polar surface area (TPSA) is 46.9 Å². The van der Waals surface area contributed by atoms with Crippen LogP contribution < -0.4 is 5.32 Å². The predicted octanol–water partition coefficient (Wildman–Crippen LogP) is 2.16. The molecule has 0 saturated heterocycles. The minimum atomic E-state index is -0.0472. The van der Waals surface area contributed by atoms with Gasteiger partial charge >= 0.3 is 0 Å². The molecule has 94 valence electrons. The van der Waals surface area contributed by atoms with Gasteiger partial charge in [0, 0.05) is 36.4 Å². The number of thiophene rings is 1. The molecule has 1 amide bonds. The molecule has 0 aliphatic rings. The number of nitrogens with zero attached hydrogens (tertiary/aromatic N) is 2. The summed E-state index contributed by atoms with van der Waals surface area (Å²) in [5.41, 5.74) is 0. The van der Waals surface area contributed by atoms with Gasteiger partial charge in [-0.15, -0.1) is 11.3 Å². The van der Waals surface area contributed by atoms with E-state index in [1.165, 1.54) is 0 Å². The van der Waals surface area contributed by atoms with Gasteiger partial charge in [0.2, 0.25) is 5.91 Å². The van der Waals surface area contributed by atoms with Gasteiger partial charge < -0.3 is 9.88 Å². The van der Waals surface area contributed by atoms with Crippen molar-refractivity contribution < 1.29 is 4.79 Å². The molecule has 0 aliphatic carbocycles. The number of hydrogen-bond donors (Lipinski definition) is 1. The fourth-order valence-corrected chi connectivity index (χ4v) is 2.11. The number of amides is 1. The van der Waals surface area contributed by atoms with Crippen LogP contribution in [0.1, 0.15) is 11.3 Å². The van der Waals surface area contributed by atoms with E-state index in [0.29, 0.717) is 6.54 Å². The van der Waals surface area contributed by atoms with Crippen molar-refractivity contribution in [3.63, 3.8) is 0 Å². The van der Waals surface area contributed by atoms with E-state index in [1.54, 1.807) is 29.9 Å². The van der Waals surface area contributed by atoms with Gasteiger partial charge in [-0.2, -0.15) is 0 Å². The zero-order chi connectivity index (χ0) is 12.6. The summed E-state index contributed by atoms with van der Waals surface area (Å²) in [4.78, 5) is 16.5. The van der Waals surface area contributed by atoms with Gasteiger partial charge in [-0.1, -0.05) is 6.07 Å². The number of imidazole rings is 1. The second-order valence-corrected chi connectivity index (χ2v) is 4.77. The first-order chi connectivity index (χ1) is 8.84. The summed E-state index contributed by atoms with van der Waals surface area (Å²) >= 11 is 1.61. The Morgan fingerprint density at radius 1 is 1.56 bits per heavy atom. The van der Waals surface area contributed by atoms with Crippen LogP contribution in [0, 0.1) is 0 Å². The Morgan fingerprint density at radius 2 is 2.50 bits per heavy atom. The fraction of sp³-hybridized carbons (Fsp3) is 0.231. The van der Waals surface area contributed by atoms with Crippen molar-refractivity contribution in [3.05, 3.63) is 47.2 Å². The molecule has 0 saturated carbocycles. The van der Waals surface area contributed by atoms with E-state index in [1.807, 2.05) is 34.4 Å². The Labute approximate surface area is 110 Å². The highest BCUT2D eigenvalue weighted by Crippen LogP contribution is 2.09. The number of carbonyl (C=O) groups excluding carboxylic acids is 1. The molecule has 18 heavy (non-hydrogen) atoms. The van der Waals surface area contributed by atoms with Crippen LogP contribution in [0.2, 0.25) is 0 Å². The van der Waals surface area contributed by atoms with Crippen LogP contribution in [0.5, 0.6) is 0 Å². The number of carbonyl (C=O) groups is 1. The maximum absolute atomic E-state index is 11.5. The van der Waals surface area contributed by atoms with Crippen LogP contribution in [0.4, 0.5) is 0 Å². The molecule has 0 atom stereocenters. The average Bonchev–Trinajstić information content (AvgIpc) is 3.04. The van der Waals surface area contributed by atoms with E-state index in [4.69, 9.17) is 0 Å². The molecule has 4 nitrogen and oxygen atoms in total. The third-order valence-electron chi connectivity index (χ3n) is 2.39. The van der Waals surface area contributed by atoms with Crippen LogP contribution in [-0.2, 0) is 11.3 Å². The normalized spacial score (nSPS) is 10.9. The Hall–Kier alpha value is -1.88. The van der Waals surface area contributed by atoms with Crippen molar-refractivity contribution >= 4 is 23.3 Å². The zero-order valence-electron chi connectivity index (χ0n) is 9.95. The molecule has 0 radical (unpaired) electrons. The Morgan fingerprint density at radius 3 is 3.22 bits per heavy atom. The summed E-state index contributed by atoms with van der Waals surface area (Å²) in [6.07, 6.45) is 9.74. The molecule has 2 rings (SSSR count). The summed E-state index contributed by atoms with van der Waals surface area (Å²) in [6, 6.07) is 3.95. The van der Waals surface area contributed by atoms with Crippen LogP contribution >= 0.6 is 11.3 Å². The highest BCUT2D eigenvalue weighted by atomic mass is 32.1. The highest BCUT2D eigenvalue weighted by Gasteiger charge is 1.95. The Kier molecular flexibility index (Phi) is 4.72. The summed E-state index contributed by atoms with van der Waals surface area (Å²) in [5, 5.41) is 4.84. The van der Waals surface area contributed by atoms with E-state index < -0.39 is 0 Å². The Balaban J connectivity index is 1.63. The first-order valence-electron chi connectivity index (χ1n) is 5.80. The largest absolute Gasteiger partial charge is 0.352 e. The molecule has 2 aromatic heterocycles. The monoisotopic (exact) mass is 261 g/mol. The molecule has 0 fully saturated rings. The first-order valence-corrected chi connectivity index (χ1v) is 6.68. The summed E-state index contributed by atoms with van der Waals surface area (Å²) in [7, 11) is 0. The lowest BCUT2D eigenvalue weighted by molar-refractivity contribution is -0.116. The van der Waals surface area contributed by atoms with Crippen molar-refractivity contribution in [1.29, 1.82) is 0 Å². The maximum Gasteiger partial charge on any atom is 0.244 e. The SMILES string of the molecule is O=C(C=Cc1cccs1)NCCCn1ccnc1. The van der Waals surface area contributed by atoms with Crippen molar-refractivity contribution in [3.8, 4) is 0 Å². The van der Waals surface area contributed by atoms with Crippen LogP contribution in [-0.4, -0.2) is 22.0 Å². The molecule has 0 bridgehead atoms. The second-order valence-electron chi connectivity index (χ2n) is 3.79. The molecule has 0 spiro atoms. The number of aromatic nitrogens is 2. The second kappa shape index (κ2) is 6.76. The minimum absolute atomic E-state index is 0.0472. The third kappa shape index (κ3) is 4.18. The van der Waals surface area contributed by atoms with Crippen LogP contribution in [0.15, 0.2) is 42.3 Å². The van der Waals surface area contributed by atoms with E-state index in [-0.39, 0.29) is 5.91 Å². The average molecular weight is 261 g/mol. The Bertz CT molecular complexity index is 488. The van der Waals surface area contributed by atoms with Crippen molar-refractivity contribution in [2.45, 2.75) is 13.0 Å². The predicted molar refractivity (Wildman–Crippen MR) is 73.2 cm³/mol. The molecule has 2 heterocycles. The smallest absolute Gasteiger partial charge is 0.244 e. The zero-order valence-corrected chi connectivity index (χ0v) is 10.8. The number of aryl methyl sites for hydroxylation is 1. The van der Waals surface area contributed by atoms with Gasteiger partial charge in [0.1, 0.15) is 0 Å². The van der Waals surface area contributed by atoms with Crippen molar-refractivity contribution in [1.82, 2.24) is 14.9 Å². The molecule has 0 aliphatic heterocycles. The standard InChI is InChI=1S/C13H15N3OS/c17-13(5-4-12-3-1-10-18-12)15-6-2-8-16-9-7-14-11-16/h1,3-5,7,9-11H,2,6,8H2,(H,15,17). The lowest BCUT2D eigenvalue weighted by atomic mass is 10.3. The van der Waals surface area contributed by atoms with Gasteiger partial charge in [0.05, 0.1) is 6.33 Å². The third-order valence-corrected chi connectivity index (χ3v) is 3.23. The fourth-order valence-electron chi connectivity index (χ4n) is 1.50. The summed E-state index contributed by atoms with van der Waals surface area (Å²) < 4.78 is 1.99. The summed E-state index contributed by atoms with van der Waals surface area (Å²) in [5.74, 6) is -0.0472. The molecule has 2 aromatic rings. The first kappa shape index (κ1) is 12.6. The van der Waals surface area contributed by atoms with E-state index in [9.17, 15) is 4.79 Å². The van der Waals surface area contributed by atoms with Crippen LogP contribution in [0.25, 0.3) is 6.08 Å². The summed E-state index contributed by atoms with van der Waals surface area (Å²) in [6.45, 7) is 1.54. The number of nitrogens with one attached hydrogen (secondary N) is 1. The van der Waals surface area contributed by atoms with Gasteiger partial charge in [-0.25, -0.2) is 4.98 Å². The molecule has 0 aromatic carbocycles. The van der Waals surface area contributed by atoms with Gasteiger partial charge in [0.15, 0.2) is 0 Å².